The summed E-state index contributed by atoms with van der Waals surface area (Å²) in [6, 6.07) is 11.8. The zero-order valence-electron chi connectivity index (χ0n) is 21.6. The van der Waals surface area contributed by atoms with Gasteiger partial charge in [-0.2, -0.15) is 0 Å². The molecule has 1 unspecified atom stereocenters. The fourth-order valence-corrected chi connectivity index (χ4v) is 5.15. The van der Waals surface area contributed by atoms with Gasteiger partial charge < -0.3 is 15.0 Å². The van der Waals surface area contributed by atoms with Crippen LogP contribution in [-0.2, 0) is 26.2 Å². The largest absolute Gasteiger partial charge is 0.497 e. The molecule has 10 heteroatoms. The second kappa shape index (κ2) is 13.5. The van der Waals surface area contributed by atoms with E-state index in [0.717, 1.165) is 17.4 Å². The molecule has 36 heavy (non-hydrogen) atoms. The minimum absolute atomic E-state index is 0.0810. The molecular formula is C26H36ClN3O5S. The van der Waals surface area contributed by atoms with E-state index in [1.165, 1.54) is 4.31 Å². The Morgan fingerprint density at radius 1 is 1.11 bits per heavy atom. The van der Waals surface area contributed by atoms with Crippen LogP contribution < -0.4 is 14.4 Å². The van der Waals surface area contributed by atoms with Gasteiger partial charge in [0.25, 0.3) is 0 Å². The van der Waals surface area contributed by atoms with Gasteiger partial charge in [-0.25, -0.2) is 8.42 Å². The zero-order chi connectivity index (χ0) is 26.9. The van der Waals surface area contributed by atoms with E-state index in [1.807, 2.05) is 45.0 Å². The molecule has 0 heterocycles. The number of nitrogens with zero attached hydrogens (tertiary/aromatic N) is 2. The molecule has 0 saturated heterocycles. The van der Waals surface area contributed by atoms with Gasteiger partial charge in [-0.15, -0.1) is 0 Å². The number of nitrogens with one attached hydrogen (secondary N) is 1. The maximum Gasteiger partial charge on any atom is 0.242 e. The summed E-state index contributed by atoms with van der Waals surface area (Å²) in [7, 11) is -2.02. The van der Waals surface area contributed by atoms with Gasteiger partial charge in [0.1, 0.15) is 11.8 Å². The van der Waals surface area contributed by atoms with E-state index in [2.05, 4.69) is 5.32 Å². The number of hydrogen-bond donors (Lipinski definition) is 1. The maximum atomic E-state index is 13.4. The van der Waals surface area contributed by atoms with Crippen molar-refractivity contribution in [3.8, 4) is 5.75 Å². The minimum Gasteiger partial charge on any atom is -0.497 e. The summed E-state index contributed by atoms with van der Waals surface area (Å²) in [6.07, 6.45) is 1.94. The van der Waals surface area contributed by atoms with E-state index in [4.69, 9.17) is 16.3 Å². The first-order valence-electron chi connectivity index (χ1n) is 12.0. The quantitative estimate of drug-likeness (QED) is 0.414. The van der Waals surface area contributed by atoms with Gasteiger partial charge in [-0.05, 0) is 62.1 Å². The number of anilines is 1. The number of likely N-dealkylation sites (N-methyl/N-ethyl adjacent to an activating group) is 1. The van der Waals surface area contributed by atoms with Crippen molar-refractivity contribution in [3.63, 3.8) is 0 Å². The highest BCUT2D eigenvalue weighted by atomic mass is 35.5. The second-order valence-corrected chi connectivity index (χ2v) is 10.9. The third kappa shape index (κ3) is 8.13. The molecule has 2 amide bonds. The van der Waals surface area contributed by atoms with Crippen LogP contribution in [0.2, 0.25) is 5.02 Å². The monoisotopic (exact) mass is 537 g/mol. The molecule has 8 nitrogen and oxygen atoms in total. The first kappa shape index (κ1) is 29.5. The van der Waals surface area contributed by atoms with Crippen molar-refractivity contribution >= 4 is 39.1 Å². The Labute approximate surface area is 219 Å². The van der Waals surface area contributed by atoms with Crippen LogP contribution in [0.3, 0.4) is 0 Å². The molecule has 198 valence electrons. The van der Waals surface area contributed by atoms with E-state index in [0.29, 0.717) is 29.4 Å². The van der Waals surface area contributed by atoms with Crippen molar-refractivity contribution < 1.29 is 22.7 Å². The molecular weight excluding hydrogens is 502 g/mol. The Morgan fingerprint density at radius 2 is 1.78 bits per heavy atom. The van der Waals surface area contributed by atoms with Gasteiger partial charge in [0, 0.05) is 31.1 Å². The van der Waals surface area contributed by atoms with E-state index in [9.17, 15) is 18.0 Å². The number of rotatable bonds is 13. The lowest BCUT2D eigenvalue weighted by Gasteiger charge is -2.31. The summed E-state index contributed by atoms with van der Waals surface area (Å²) in [5.74, 6) is 0.263. The normalized spacial score (nSPS) is 12.1. The predicted molar refractivity (Wildman–Crippen MR) is 144 cm³/mol. The van der Waals surface area contributed by atoms with E-state index >= 15 is 0 Å². The summed E-state index contributed by atoms with van der Waals surface area (Å²) in [4.78, 5) is 27.7. The van der Waals surface area contributed by atoms with Crippen LogP contribution in [0.25, 0.3) is 0 Å². The molecule has 0 fully saturated rings. The molecule has 0 radical (unpaired) electrons. The first-order valence-corrected chi connectivity index (χ1v) is 14.2. The standard InChI is InChI=1S/C26H36ClN3O5S/c1-6-23(26(32)28-7-2)29(18-20-11-14-22(35-4)15-12-20)25(31)9-8-16-30(36(5,33)34)24-17-21(27)13-10-19(24)3/h10-15,17,23H,6-9,16,18H2,1-5H3,(H,28,32). The van der Waals surface area contributed by atoms with Gasteiger partial charge >= 0.3 is 0 Å². The van der Waals surface area contributed by atoms with Crippen molar-refractivity contribution in [1.82, 2.24) is 10.2 Å². The zero-order valence-corrected chi connectivity index (χ0v) is 23.2. The number of sulfonamides is 1. The highest BCUT2D eigenvalue weighted by molar-refractivity contribution is 7.92. The summed E-state index contributed by atoms with van der Waals surface area (Å²) in [6.45, 7) is 6.33. The van der Waals surface area contributed by atoms with Crippen molar-refractivity contribution in [1.29, 1.82) is 0 Å². The van der Waals surface area contributed by atoms with E-state index in [1.54, 1.807) is 30.2 Å². The lowest BCUT2D eigenvalue weighted by Crippen LogP contribution is -2.49. The average Bonchev–Trinajstić information content (AvgIpc) is 2.83. The molecule has 0 aromatic heterocycles. The highest BCUT2D eigenvalue weighted by Crippen LogP contribution is 2.27. The Morgan fingerprint density at radius 3 is 2.33 bits per heavy atom. The molecule has 2 aromatic carbocycles. The van der Waals surface area contributed by atoms with Crippen molar-refractivity contribution in [3.05, 3.63) is 58.6 Å². The van der Waals surface area contributed by atoms with Gasteiger partial charge in [0.15, 0.2) is 0 Å². The Hall–Kier alpha value is -2.78. The number of methoxy groups -OCH3 is 1. The number of benzene rings is 2. The number of hydrogen-bond acceptors (Lipinski definition) is 5. The number of carbonyl (C=O) groups is 2. The van der Waals surface area contributed by atoms with Crippen LogP contribution in [0, 0.1) is 6.92 Å². The summed E-state index contributed by atoms with van der Waals surface area (Å²) in [5.41, 5.74) is 2.11. The molecule has 0 aliphatic carbocycles. The van der Waals surface area contributed by atoms with Crippen LogP contribution in [0.5, 0.6) is 5.75 Å². The fourth-order valence-electron chi connectivity index (χ4n) is 3.97. The molecule has 0 aliphatic rings. The highest BCUT2D eigenvalue weighted by Gasteiger charge is 2.28. The SMILES string of the molecule is CCNC(=O)C(CC)N(Cc1ccc(OC)cc1)C(=O)CCCN(c1cc(Cl)ccc1C)S(C)(=O)=O. The Balaban J connectivity index is 2.23. The molecule has 0 aliphatic heterocycles. The number of ether oxygens (including phenoxy) is 1. The average molecular weight is 538 g/mol. The van der Waals surface area contributed by atoms with Gasteiger partial charge in [-0.3, -0.25) is 13.9 Å². The number of aryl methyl sites for hydroxylation is 1. The van der Waals surface area contributed by atoms with Crippen LogP contribution in [-0.4, -0.2) is 57.6 Å². The maximum absolute atomic E-state index is 13.4. The molecule has 1 atom stereocenters. The third-order valence-electron chi connectivity index (χ3n) is 5.84. The van der Waals surface area contributed by atoms with E-state index in [-0.39, 0.29) is 37.7 Å². The summed E-state index contributed by atoms with van der Waals surface area (Å²) in [5, 5.41) is 3.24. The number of carbonyl (C=O) groups excluding carboxylic acids is 2. The molecule has 0 saturated carbocycles. The van der Waals surface area contributed by atoms with Crippen LogP contribution >= 0.6 is 11.6 Å². The van der Waals surface area contributed by atoms with E-state index < -0.39 is 16.1 Å². The van der Waals surface area contributed by atoms with Gasteiger partial charge in [0.2, 0.25) is 21.8 Å². The third-order valence-corrected chi connectivity index (χ3v) is 7.26. The van der Waals surface area contributed by atoms with Crippen LogP contribution in [0.1, 0.15) is 44.2 Å². The minimum atomic E-state index is -3.60. The molecule has 1 N–H and O–H groups in total. The van der Waals surface area contributed by atoms with Crippen LogP contribution in [0.4, 0.5) is 5.69 Å². The number of halogens is 1. The summed E-state index contributed by atoms with van der Waals surface area (Å²) >= 11 is 6.11. The first-order chi connectivity index (χ1) is 17.0. The van der Waals surface area contributed by atoms with Gasteiger partial charge in [-0.1, -0.05) is 36.7 Å². The second-order valence-electron chi connectivity index (χ2n) is 8.56. The van der Waals surface area contributed by atoms with Crippen LogP contribution in [0.15, 0.2) is 42.5 Å². The topological polar surface area (TPSA) is 96.0 Å². The predicted octanol–water partition coefficient (Wildman–Crippen LogP) is 4.15. The summed E-state index contributed by atoms with van der Waals surface area (Å²) < 4.78 is 31.6. The van der Waals surface area contributed by atoms with Crippen molar-refractivity contribution in [2.75, 3.05) is 30.8 Å². The lowest BCUT2D eigenvalue weighted by atomic mass is 10.1. The Bertz CT molecular complexity index is 1140. The van der Waals surface area contributed by atoms with Gasteiger partial charge in [0.05, 0.1) is 19.1 Å². The number of amides is 2. The Kier molecular flexibility index (Phi) is 11.0. The molecule has 0 spiro atoms. The van der Waals surface area contributed by atoms with Crippen molar-refractivity contribution in [2.45, 2.75) is 52.6 Å². The smallest absolute Gasteiger partial charge is 0.242 e. The molecule has 2 rings (SSSR count). The molecule has 2 aromatic rings. The molecule has 0 bridgehead atoms. The van der Waals surface area contributed by atoms with Crippen molar-refractivity contribution in [2.24, 2.45) is 0 Å². The fraction of sp³-hybridized carbons (Fsp3) is 0.462. The lowest BCUT2D eigenvalue weighted by molar-refractivity contribution is -0.141.